The van der Waals surface area contributed by atoms with Crippen molar-refractivity contribution in [3.05, 3.63) is 47.5 Å². The third-order valence-electron chi connectivity index (χ3n) is 4.03. The van der Waals surface area contributed by atoms with Crippen LogP contribution in [0.15, 0.2) is 41.3 Å². The van der Waals surface area contributed by atoms with E-state index in [1.54, 1.807) is 30.3 Å². The summed E-state index contributed by atoms with van der Waals surface area (Å²) in [4.78, 5) is 0.180. The van der Waals surface area contributed by atoms with Gasteiger partial charge in [0.1, 0.15) is 23.0 Å². The van der Waals surface area contributed by atoms with Crippen LogP contribution < -0.4 is 13.8 Å². The van der Waals surface area contributed by atoms with Crippen LogP contribution in [0.5, 0.6) is 11.5 Å². The molecular formula is C17H19NO4S. The summed E-state index contributed by atoms with van der Waals surface area (Å²) in [5.41, 5.74) is 2.45. The van der Waals surface area contributed by atoms with E-state index in [9.17, 15) is 8.42 Å². The summed E-state index contributed by atoms with van der Waals surface area (Å²) >= 11 is 0. The van der Waals surface area contributed by atoms with Crippen LogP contribution in [0.4, 0.5) is 5.69 Å². The maximum atomic E-state index is 13.2. The largest absolute Gasteiger partial charge is 0.495 e. The lowest BCUT2D eigenvalue weighted by molar-refractivity contribution is 0.315. The lowest BCUT2D eigenvalue weighted by Crippen LogP contribution is -2.38. The van der Waals surface area contributed by atoms with Crippen LogP contribution in [-0.2, 0) is 10.0 Å². The topological polar surface area (TPSA) is 55.8 Å². The SMILES string of the molecule is COc1cc(C)c(C)cc1S(=O)(=O)N1CCOc2ccccc21. The summed E-state index contributed by atoms with van der Waals surface area (Å²) in [6, 6.07) is 10.6. The first kappa shape index (κ1) is 15.7. The Bertz CT molecular complexity index is 846. The van der Waals surface area contributed by atoms with Gasteiger partial charge in [-0.1, -0.05) is 12.1 Å². The van der Waals surface area contributed by atoms with Crippen molar-refractivity contribution in [3.63, 3.8) is 0 Å². The van der Waals surface area contributed by atoms with Gasteiger partial charge >= 0.3 is 0 Å². The predicted octanol–water partition coefficient (Wildman–Crippen LogP) is 2.90. The van der Waals surface area contributed by atoms with Gasteiger partial charge in [-0.3, -0.25) is 4.31 Å². The summed E-state index contributed by atoms with van der Waals surface area (Å²) in [6.07, 6.45) is 0. The number of fused-ring (bicyclic) bond motifs is 1. The second-order valence-electron chi connectivity index (χ2n) is 5.48. The first-order valence-corrected chi connectivity index (χ1v) is 8.79. The molecule has 1 heterocycles. The summed E-state index contributed by atoms with van der Waals surface area (Å²) in [5, 5.41) is 0. The molecule has 0 atom stereocenters. The Balaban J connectivity index is 2.16. The summed E-state index contributed by atoms with van der Waals surface area (Å²) < 4.78 is 38.6. The number of sulfonamides is 1. The molecule has 0 aromatic heterocycles. The zero-order valence-corrected chi connectivity index (χ0v) is 14.2. The quantitative estimate of drug-likeness (QED) is 0.867. The fourth-order valence-electron chi connectivity index (χ4n) is 2.64. The van der Waals surface area contributed by atoms with Crippen molar-refractivity contribution < 1.29 is 17.9 Å². The number of hydrogen-bond donors (Lipinski definition) is 0. The molecule has 3 rings (SSSR count). The summed E-state index contributed by atoms with van der Waals surface area (Å²) in [5.74, 6) is 0.933. The summed E-state index contributed by atoms with van der Waals surface area (Å²) in [7, 11) is -2.25. The lowest BCUT2D eigenvalue weighted by atomic mass is 10.1. The smallest absolute Gasteiger partial charge is 0.268 e. The Morgan fingerprint density at radius 2 is 1.83 bits per heavy atom. The minimum Gasteiger partial charge on any atom is -0.495 e. The molecule has 23 heavy (non-hydrogen) atoms. The third kappa shape index (κ3) is 2.63. The Hall–Kier alpha value is -2.21. The monoisotopic (exact) mass is 333 g/mol. The standard InChI is InChI=1S/C17H19NO4S/c1-12-10-16(21-3)17(11-13(12)2)23(19,20)18-8-9-22-15-7-5-4-6-14(15)18/h4-7,10-11H,8-9H2,1-3H3. The van der Waals surface area contributed by atoms with E-state index in [1.165, 1.54) is 11.4 Å². The minimum absolute atomic E-state index is 0.180. The molecule has 0 aliphatic carbocycles. The van der Waals surface area contributed by atoms with Crippen molar-refractivity contribution in [2.45, 2.75) is 18.7 Å². The van der Waals surface area contributed by atoms with Gasteiger partial charge in [-0.25, -0.2) is 8.42 Å². The lowest BCUT2D eigenvalue weighted by Gasteiger charge is -2.30. The molecule has 0 radical (unpaired) electrons. The molecule has 2 aromatic rings. The Labute approximate surface area is 136 Å². The van der Waals surface area contributed by atoms with Gasteiger partial charge in [0.2, 0.25) is 0 Å². The molecule has 122 valence electrons. The van der Waals surface area contributed by atoms with Crippen molar-refractivity contribution in [1.29, 1.82) is 0 Å². The zero-order valence-electron chi connectivity index (χ0n) is 13.4. The molecule has 5 nitrogen and oxygen atoms in total. The number of anilines is 1. The highest BCUT2D eigenvalue weighted by molar-refractivity contribution is 7.93. The van der Waals surface area contributed by atoms with E-state index in [-0.39, 0.29) is 11.4 Å². The van der Waals surface area contributed by atoms with E-state index in [1.807, 2.05) is 19.9 Å². The van der Waals surface area contributed by atoms with E-state index < -0.39 is 10.0 Å². The Kier molecular flexibility index (Phi) is 3.93. The van der Waals surface area contributed by atoms with Crippen molar-refractivity contribution in [2.24, 2.45) is 0 Å². The van der Waals surface area contributed by atoms with Crippen LogP contribution in [0.3, 0.4) is 0 Å². The van der Waals surface area contributed by atoms with Crippen LogP contribution in [0.25, 0.3) is 0 Å². The van der Waals surface area contributed by atoms with Crippen LogP contribution in [0.1, 0.15) is 11.1 Å². The third-order valence-corrected chi connectivity index (χ3v) is 5.87. The number of benzene rings is 2. The maximum Gasteiger partial charge on any atom is 0.268 e. The van der Waals surface area contributed by atoms with Crippen molar-refractivity contribution in [3.8, 4) is 11.5 Å². The fourth-order valence-corrected chi connectivity index (χ4v) is 4.32. The molecular weight excluding hydrogens is 314 g/mol. The number of para-hydroxylation sites is 2. The Morgan fingerprint density at radius 1 is 1.13 bits per heavy atom. The number of methoxy groups -OCH3 is 1. The maximum absolute atomic E-state index is 13.2. The fraction of sp³-hybridized carbons (Fsp3) is 0.294. The number of nitrogens with zero attached hydrogens (tertiary/aromatic N) is 1. The van der Waals surface area contributed by atoms with Crippen molar-refractivity contribution in [2.75, 3.05) is 24.6 Å². The first-order chi connectivity index (χ1) is 10.9. The summed E-state index contributed by atoms with van der Waals surface area (Å²) in [6.45, 7) is 4.41. The van der Waals surface area contributed by atoms with Gasteiger partial charge in [0, 0.05) is 0 Å². The van der Waals surface area contributed by atoms with E-state index >= 15 is 0 Å². The molecule has 0 spiro atoms. The highest BCUT2D eigenvalue weighted by Gasteiger charge is 2.32. The minimum atomic E-state index is -3.73. The average Bonchev–Trinajstić information content (AvgIpc) is 2.56. The van der Waals surface area contributed by atoms with E-state index in [4.69, 9.17) is 9.47 Å². The zero-order chi connectivity index (χ0) is 16.6. The van der Waals surface area contributed by atoms with E-state index in [0.29, 0.717) is 23.8 Å². The number of aryl methyl sites for hydroxylation is 2. The highest BCUT2D eigenvalue weighted by atomic mass is 32.2. The first-order valence-electron chi connectivity index (χ1n) is 7.35. The second-order valence-corrected chi connectivity index (χ2v) is 7.31. The second kappa shape index (κ2) is 5.77. The van der Waals surface area contributed by atoms with Gasteiger partial charge in [0.05, 0.1) is 19.3 Å². The normalized spacial score (nSPS) is 14.1. The number of rotatable bonds is 3. The van der Waals surface area contributed by atoms with Crippen LogP contribution in [-0.4, -0.2) is 28.7 Å². The average molecular weight is 333 g/mol. The number of ether oxygens (including phenoxy) is 2. The molecule has 0 amide bonds. The van der Waals surface area contributed by atoms with Crippen LogP contribution in [0, 0.1) is 13.8 Å². The molecule has 1 aliphatic heterocycles. The van der Waals surface area contributed by atoms with Gasteiger partial charge in [-0.05, 0) is 49.2 Å². The van der Waals surface area contributed by atoms with Gasteiger partial charge in [0.15, 0.2) is 0 Å². The molecule has 6 heteroatoms. The highest BCUT2D eigenvalue weighted by Crippen LogP contribution is 2.37. The van der Waals surface area contributed by atoms with Gasteiger partial charge in [-0.2, -0.15) is 0 Å². The van der Waals surface area contributed by atoms with Gasteiger partial charge < -0.3 is 9.47 Å². The molecule has 0 N–H and O–H groups in total. The van der Waals surface area contributed by atoms with Gasteiger partial charge in [0.25, 0.3) is 10.0 Å². The molecule has 0 fully saturated rings. The molecule has 0 unspecified atom stereocenters. The van der Waals surface area contributed by atoms with Gasteiger partial charge in [-0.15, -0.1) is 0 Å². The Morgan fingerprint density at radius 3 is 2.57 bits per heavy atom. The molecule has 2 aromatic carbocycles. The molecule has 1 aliphatic rings. The molecule has 0 saturated heterocycles. The molecule has 0 saturated carbocycles. The van der Waals surface area contributed by atoms with Crippen molar-refractivity contribution >= 4 is 15.7 Å². The van der Waals surface area contributed by atoms with E-state index in [2.05, 4.69) is 0 Å². The van der Waals surface area contributed by atoms with Crippen molar-refractivity contribution in [1.82, 2.24) is 0 Å². The predicted molar refractivity (Wildman–Crippen MR) is 88.9 cm³/mol. The van der Waals surface area contributed by atoms with Crippen LogP contribution in [0.2, 0.25) is 0 Å². The molecule has 0 bridgehead atoms. The number of hydrogen-bond acceptors (Lipinski definition) is 4. The van der Waals surface area contributed by atoms with Crippen LogP contribution >= 0.6 is 0 Å². The van der Waals surface area contributed by atoms with E-state index in [0.717, 1.165) is 11.1 Å².